The number of aliphatic hydroxyl groups excluding tert-OH is 1. The highest BCUT2D eigenvalue weighted by molar-refractivity contribution is 7.92. The molecule has 2 heterocycles. The number of thiazole rings is 1. The van der Waals surface area contributed by atoms with Crippen LogP contribution in [0.1, 0.15) is 25.3 Å². The molecule has 1 amide bonds. The number of hydrogen-bond donors (Lipinski definition) is 2. The third-order valence-corrected chi connectivity index (χ3v) is 7.54. The van der Waals surface area contributed by atoms with E-state index in [1.165, 1.54) is 30.5 Å². The van der Waals surface area contributed by atoms with E-state index < -0.39 is 21.0 Å². The molecule has 0 bridgehead atoms. The van der Waals surface area contributed by atoms with Crippen LogP contribution in [0.15, 0.2) is 40.5 Å². The highest BCUT2D eigenvalue weighted by Gasteiger charge is 2.31. The first-order valence-corrected chi connectivity index (χ1v) is 12.4. The second-order valence-electron chi connectivity index (χ2n) is 6.78. The Kier molecular flexibility index (Phi) is 8.56. The molecule has 0 aliphatic carbocycles. The van der Waals surface area contributed by atoms with Crippen molar-refractivity contribution in [2.24, 2.45) is 5.16 Å². The SMILES string of the molecule is CCOc1cnc(NC(=O)/C(=N/OCCCO)c2ccc(S(=O)(=O)[C@H]3CCOC3)cc2)s1. The van der Waals surface area contributed by atoms with Gasteiger partial charge in [-0.2, -0.15) is 0 Å². The maximum atomic E-state index is 12.9. The summed E-state index contributed by atoms with van der Waals surface area (Å²) in [5.74, 6) is -0.578. The fourth-order valence-electron chi connectivity index (χ4n) is 2.90. The number of sulfone groups is 1. The molecular weight excluding hydrogens is 458 g/mol. The van der Waals surface area contributed by atoms with Crippen LogP contribution in [0.4, 0.5) is 5.13 Å². The van der Waals surface area contributed by atoms with Crippen molar-refractivity contribution >= 4 is 37.9 Å². The van der Waals surface area contributed by atoms with E-state index in [4.69, 9.17) is 19.4 Å². The summed E-state index contributed by atoms with van der Waals surface area (Å²) in [7, 11) is -3.52. The lowest BCUT2D eigenvalue weighted by Crippen LogP contribution is -2.25. The number of carbonyl (C=O) groups is 1. The zero-order valence-corrected chi connectivity index (χ0v) is 19.2. The number of anilines is 1. The van der Waals surface area contributed by atoms with Crippen LogP contribution in [0.2, 0.25) is 0 Å². The van der Waals surface area contributed by atoms with Gasteiger partial charge < -0.3 is 19.4 Å². The number of aromatic nitrogens is 1. The van der Waals surface area contributed by atoms with Gasteiger partial charge in [-0.25, -0.2) is 13.4 Å². The third kappa shape index (κ3) is 6.03. The summed E-state index contributed by atoms with van der Waals surface area (Å²) < 4.78 is 36.0. The summed E-state index contributed by atoms with van der Waals surface area (Å²) in [5.41, 5.74) is 0.318. The van der Waals surface area contributed by atoms with E-state index in [-0.39, 0.29) is 30.4 Å². The smallest absolute Gasteiger partial charge is 0.280 e. The molecule has 1 aliphatic rings. The van der Waals surface area contributed by atoms with Gasteiger partial charge in [0.05, 0.1) is 29.6 Å². The second-order valence-corrected chi connectivity index (χ2v) is 10.00. The van der Waals surface area contributed by atoms with Gasteiger partial charge in [-0.1, -0.05) is 28.6 Å². The Hall–Kier alpha value is -2.54. The van der Waals surface area contributed by atoms with Gasteiger partial charge in [-0.15, -0.1) is 0 Å². The molecule has 0 unspecified atom stereocenters. The summed E-state index contributed by atoms with van der Waals surface area (Å²) in [5, 5.41) is 15.8. The molecule has 1 fully saturated rings. The molecule has 174 valence electrons. The van der Waals surface area contributed by atoms with Gasteiger partial charge in [0.2, 0.25) is 0 Å². The number of nitrogens with zero attached hydrogens (tertiary/aromatic N) is 2. The van der Waals surface area contributed by atoms with Crippen molar-refractivity contribution in [1.82, 2.24) is 4.98 Å². The van der Waals surface area contributed by atoms with E-state index in [0.717, 1.165) is 11.3 Å². The zero-order valence-electron chi connectivity index (χ0n) is 17.5. The fourth-order valence-corrected chi connectivity index (χ4v) is 5.20. The van der Waals surface area contributed by atoms with Crippen LogP contribution >= 0.6 is 11.3 Å². The van der Waals surface area contributed by atoms with Crippen LogP contribution in [-0.4, -0.2) is 68.4 Å². The number of nitrogens with one attached hydrogen (secondary N) is 1. The lowest BCUT2D eigenvalue weighted by Gasteiger charge is -2.11. The number of oxime groups is 1. The molecule has 1 aromatic carbocycles. The minimum atomic E-state index is -3.52. The van der Waals surface area contributed by atoms with E-state index in [1.54, 1.807) is 0 Å². The number of amides is 1. The first-order chi connectivity index (χ1) is 15.5. The zero-order chi connectivity index (χ0) is 23.0. The molecule has 1 aromatic heterocycles. The summed E-state index contributed by atoms with van der Waals surface area (Å²) in [6, 6.07) is 5.89. The first kappa shape index (κ1) is 24.1. The maximum absolute atomic E-state index is 12.9. The van der Waals surface area contributed by atoms with Gasteiger partial charge in [0, 0.05) is 25.2 Å². The molecule has 1 saturated heterocycles. The van der Waals surface area contributed by atoms with Crippen molar-refractivity contribution in [1.29, 1.82) is 0 Å². The molecular formula is C20H25N3O7S2. The van der Waals surface area contributed by atoms with Gasteiger partial charge in [-0.3, -0.25) is 10.1 Å². The Bertz CT molecular complexity index is 1030. The summed E-state index contributed by atoms with van der Waals surface area (Å²) in [4.78, 5) is 22.3. The Balaban J connectivity index is 1.80. The molecule has 0 saturated carbocycles. The topological polar surface area (TPSA) is 136 Å². The molecule has 2 N–H and O–H groups in total. The molecule has 1 atom stereocenters. The van der Waals surface area contributed by atoms with Gasteiger partial charge in [0.25, 0.3) is 5.91 Å². The standard InChI is InChI=1S/C20H25N3O7S2/c1-2-29-17-12-21-20(31-17)22-19(25)18(23-30-10-3-9-24)14-4-6-15(7-5-14)32(26,27)16-8-11-28-13-16/h4-7,12,16,24H,2-3,8-11,13H2,1H3,(H,21,22,25)/b23-18+/t16-/m0/s1. The number of hydrogen-bond acceptors (Lipinski definition) is 10. The molecule has 10 nitrogen and oxygen atoms in total. The van der Waals surface area contributed by atoms with Gasteiger partial charge in [0.15, 0.2) is 25.7 Å². The Morgan fingerprint density at radius 3 is 2.81 bits per heavy atom. The van der Waals surface area contributed by atoms with Crippen LogP contribution in [0.25, 0.3) is 0 Å². The number of ether oxygens (including phenoxy) is 2. The molecule has 1 aliphatic heterocycles. The minimum absolute atomic E-state index is 0.0516. The average Bonchev–Trinajstić information content (AvgIpc) is 3.47. The van der Waals surface area contributed by atoms with Crippen LogP contribution in [0, 0.1) is 0 Å². The maximum Gasteiger partial charge on any atom is 0.280 e. The van der Waals surface area contributed by atoms with Crippen LogP contribution in [0.3, 0.4) is 0 Å². The molecule has 0 spiro atoms. The van der Waals surface area contributed by atoms with E-state index in [1.807, 2.05) is 6.92 Å². The molecule has 0 radical (unpaired) electrons. The Morgan fingerprint density at radius 2 is 2.16 bits per heavy atom. The number of benzene rings is 1. The highest BCUT2D eigenvalue weighted by Crippen LogP contribution is 2.26. The van der Waals surface area contributed by atoms with Gasteiger partial charge >= 0.3 is 0 Å². The van der Waals surface area contributed by atoms with Gasteiger partial charge in [-0.05, 0) is 25.5 Å². The van der Waals surface area contributed by atoms with Crippen molar-refractivity contribution in [3.8, 4) is 5.06 Å². The van der Waals surface area contributed by atoms with E-state index >= 15 is 0 Å². The fraction of sp³-hybridized carbons (Fsp3) is 0.450. The van der Waals surface area contributed by atoms with Crippen molar-refractivity contribution in [2.75, 3.05) is 38.4 Å². The second kappa shape index (κ2) is 11.4. The van der Waals surface area contributed by atoms with Crippen LogP contribution in [-0.2, 0) is 24.2 Å². The predicted octanol–water partition coefficient (Wildman–Crippen LogP) is 1.85. The van der Waals surface area contributed by atoms with Crippen molar-refractivity contribution < 1.29 is 32.6 Å². The first-order valence-electron chi connectivity index (χ1n) is 10.1. The predicted molar refractivity (Wildman–Crippen MR) is 119 cm³/mol. The highest BCUT2D eigenvalue weighted by atomic mass is 32.2. The number of rotatable bonds is 11. The van der Waals surface area contributed by atoms with E-state index in [2.05, 4.69) is 15.5 Å². The van der Waals surface area contributed by atoms with Gasteiger partial charge in [0.1, 0.15) is 6.61 Å². The average molecular weight is 484 g/mol. The monoisotopic (exact) mass is 483 g/mol. The quantitative estimate of drug-likeness (QED) is 0.281. The van der Waals surface area contributed by atoms with Crippen molar-refractivity contribution in [3.05, 3.63) is 36.0 Å². The summed E-state index contributed by atoms with van der Waals surface area (Å²) in [6.45, 7) is 2.96. The third-order valence-electron chi connectivity index (χ3n) is 4.54. The summed E-state index contributed by atoms with van der Waals surface area (Å²) in [6.07, 6.45) is 2.31. The van der Waals surface area contributed by atoms with E-state index in [0.29, 0.717) is 41.8 Å². The van der Waals surface area contributed by atoms with Crippen LogP contribution in [0.5, 0.6) is 5.06 Å². The number of carbonyl (C=O) groups excluding carboxylic acids is 1. The van der Waals surface area contributed by atoms with Crippen LogP contribution < -0.4 is 10.1 Å². The Morgan fingerprint density at radius 1 is 1.38 bits per heavy atom. The Labute approximate surface area is 190 Å². The largest absolute Gasteiger partial charge is 0.483 e. The molecule has 12 heteroatoms. The van der Waals surface area contributed by atoms with Crippen molar-refractivity contribution in [2.45, 2.75) is 29.9 Å². The number of aliphatic hydroxyl groups is 1. The lowest BCUT2D eigenvalue weighted by molar-refractivity contribution is -0.110. The normalized spacial score (nSPS) is 16.7. The lowest BCUT2D eigenvalue weighted by atomic mass is 10.1. The minimum Gasteiger partial charge on any atom is -0.483 e. The van der Waals surface area contributed by atoms with Crippen molar-refractivity contribution in [3.63, 3.8) is 0 Å². The molecule has 32 heavy (non-hydrogen) atoms. The summed E-state index contributed by atoms with van der Waals surface area (Å²) >= 11 is 1.16. The van der Waals surface area contributed by atoms with E-state index in [9.17, 15) is 13.2 Å². The molecule has 3 rings (SSSR count). The molecule has 2 aromatic rings.